The van der Waals surface area contributed by atoms with Gasteiger partial charge in [0.2, 0.25) is 6.54 Å². The van der Waals surface area contributed by atoms with Crippen LogP contribution in [0.3, 0.4) is 0 Å². The Morgan fingerprint density at radius 3 is 2.32 bits per heavy atom. The van der Waals surface area contributed by atoms with Gasteiger partial charge in [-0.05, 0) is 60.8 Å². The minimum atomic E-state index is -4.16. The maximum absolute atomic E-state index is 13.0. The van der Waals surface area contributed by atoms with Crippen molar-refractivity contribution in [2.75, 3.05) is 31.7 Å². The normalized spacial score (nSPS) is 30.6. The van der Waals surface area contributed by atoms with Gasteiger partial charge in [0.05, 0.1) is 31.6 Å². The summed E-state index contributed by atoms with van der Waals surface area (Å²) in [5.41, 5.74) is 2.59. The number of hydrogen-bond acceptors (Lipinski definition) is 17. The van der Waals surface area contributed by atoms with E-state index < -0.39 is 76.0 Å². The van der Waals surface area contributed by atoms with Crippen molar-refractivity contribution in [2.45, 2.75) is 94.2 Å². The van der Waals surface area contributed by atoms with Gasteiger partial charge in [-0.15, -0.1) is 11.6 Å². The van der Waals surface area contributed by atoms with E-state index in [1.165, 1.54) is 19.0 Å². The number of amides is 1. The molecule has 0 radical (unpaired) electrons. The monoisotopic (exact) mass is 978 g/mol. The maximum atomic E-state index is 13.0. The van der Waals surface area contributed by atoms with E-state index in [0.29, 0.717) is 22.4 Å². The number of carbonyl (C=O) groups is 1. The van der Waals surface area contributed by atoms with Gasteiger partial charge in [-0.3, -0.25) is 18.5 Å². The van der Waals surface area contributed by atoms with Crippen LogP contribution in [0.15, 0.2) is 55.6 Å². The number of rotatable bonds is 9. The Morgan fingerprint density at radius 2 is 1.60 bits per heavy atom. The fraction of sp³-hybridized carbons (Fsp3) is 0.514. The van der Waals surface area contributed by atoms with Crippen molar-refractivity contribution < 1.29 is 46.2 Å². The van der Waals surface area contributed by atoms with Crippen LogP contribution in [0.25, 0.3) is 27.2 Å². The van der Waals surface area contributed by atoms with Gasteiger partial charge < -0.3 is 47.0 Å². The number of halogens is 1. The lowest BCUT2D eigenvalue weighted by atomic mass is 10.1. The molecule has 3 aliphatic heterocycles. The number of nitrogens with one attached hydrogen (secondary N) is 1. The largest absolute Gasteiger partial charge is 0.408 e. The van der Waals surface area contributed by atoms with Crippen LogP contribution in [-0.4, -0.2) is 120 Å². The van der Waals surface area contributed by atoms with Crippen LogP contribution in [0.4, 0.5) is 5.82 Å². The molecule has 1 aromatic carbocycles. The van der Waals surface area contributed by atoms with Crippen LogP contribution in [0.1, 0.15) is 49.3 Å². The lowest BCUT2D eigenvalue weighted by Gasteiger charge is -2.41. The number of hydrogen-bond donors (Lipinski definition) is 2. The van der Waals surface area contributed by atoms with Gasteiger partial charge in [-0.1, -0.05) is 39.0 Å². The Balaban J connectivity index is 1.15. The van der Waals surface area contributed by atoms with E-state index in [1.807, 2.05) is 6.92 Å². The average Bonchev–Trinajstić information content (AvgIpc) is 4.01. The zero-order valence-corrected chi connectivity index (χ0v) is 40.1. The number of imidazole rings is 2. The summed E-state index contributed by atoms with van der Waals surface area (Å²) in [7, 11) is -2.63. The number of benzene rings is 1. The van der Waals surface area contributed by atoms with Crippen LogP contribution in [0.2, 0.25) is 18.1 Å². The van der Waals surface area contributed by atoms with Crippen LogP contribution in [-0.2, 0) is 60.1 Å². The summed E-state index contributed by atoms with van der Waals surface area (Å²) in [6.07, 6.45) is -1.42. The molecule has 7 heterocycles. The van der Waals surface area contributed by atoms with E-state index in [2.05, 4.69) is 73.9 Å². The third kappa shape index (κ3) is 9.54. The van der Waals surface area contributed by atoms with Crippen molar-refractivity contribution >= 4 is 91.0 Å². The quantitative estimate of drug-likeness (QED) is 0.0552. The molecule has 8 rings (SSSR count). The highest BCUT2D eigenvalue weighted by molar-refractivity contribution is 8.07. The van der Waals surface area contributed by atoms with E-state index in [0.717, 1.165) is 0 Å². The van der Waals surface area contributed by atoms with Gasteiger partial charge in [0.25, 0.3) is 5.91 Å². The molecular formula is C37H45ClN10O10P2S2Si. The van der Waals surface area contributed by atoms with Crippen LogP contribution in [0.5, 0.6) is 0 Å². The molecule has 0 saturated carbocycles. The highest BCUT2D eigenvalue weighted by Gasteiger charge is 2.56. The third-order valence-corrected chi connectivity index (χ3v) is 20.1. The molecule has 336 valence electrons. The van der Waals surface area contributed by atoms with Crippen molar-refractivity contribution in [3.05, 3.63) is 78.3 Å². The van der Waals surface area contributed by atoms with Crippen molar-refractivity contribution in [1.82, 2.24) is 39.0 Å². The van der Waals surface area contributed by atoms with Gasteiger partial charge >= 0.3 is 13.4 Å². The first-order valence-corrected chi connectivity index (χ1v) is 28.2. The van der Waals surface area contributed by atoms with Crippen LogP contribution in [0, 0.1) is 13.5 Å². The standard InChI is InChI=1S/C37H45ClN10O10P2S2Si/c1-21-26-32(42-17-40-21)48(19-44-26)36-30-29(58-63(6,7)37(2,3)4)24(55-36)15-52-59(50,61)56-28-23(16-53-60(62,57-30)51-14-13-39-5)54-35(25(28)38)47-20-45-27-31(41-18-43-33(27)47)46-34(49)22-11-9-8-10-12-22/h8-12,17-20,23-25,28-30,35-36H,13-16H2,1-4,6-7H3,(H,50,61)(H,41,43,46,49)/t23-,24-,25-,28-,29-,30-,35-,36-,59?,60?/m1/s1. The summed E-state index contributed by atoms with van der Waals surface area (Å²) in [6, 6.07) is 8.64. The molecule has 2 bridgehead atoms. The molecular weight excluding hydrogens is 934 g/mol. The first-order chi connectivity index (χ1) is 29.9. The fourth-order valence-electron chi connectivity index (χ4n) is 7.03. The van der Waals surface area contributed by atoms with Crippen molar-refractivity contribution in [2.24, 2.45) is 0 Å². The number of fused-ring (bicyclic) bond motifs is 5. The molecule has 3 aliphatic rings. The number of aromatic nitrogens is 8. The van der Waals surface area contributed by atoms with Crippen LogP contribution >= 0.6 is 25.0 Å². The smallest absolute Gasteiger partial charge is 0.328 e. The molecule has 26 heteroatoms. The summed E-state index contributed by atoms with van der Waals surface area (Å²) < 4.78 is 55.4. The lowest BCUT2D eigenvalue weighted by molar-refractivity contribution is -0.0613. The summed E-state index contributed by atoms with van der Waals surface area (Å²) in [5, 5.41) is 1.46. The predicted molar refractivity (Wildman–Crippen MR) is 239 cm³/mol. The summed E-state index contributed by atoms with van der Waals surface area (Å²) in [6.45, 7) is 10.9. The molecule has 2 unspecified atom stereocenters. The molecule has 0 spiro atoms. The Kier molecular flexibility index (Phi) is 13.4. The molecule has 0 aliphatic carbocycles. The third-order valence-electron chi connectivity index (χ3n) is 11.3. The SMILES string of the molecule is [C-]#[N+]CCOP1(=S)OC[C@H]2O[C@@H](n3cnc4c(NC(=O)c5ccccc5)ncnc43)[C@H](Cl)[C@@H]2OP(O)(=S)OC[C@H]2O[C@@H](n3cnc4c(C)ncnc43)[C@H](O1)[C@@H]2O[Si](C)(C)C(C)(C)C. The summed E-state index contributed by atoms with van der Waals surface area (Å²) >= 11 is 19.0. The van der Waals surface area contributed by atoms with E-state index in [-0.39, 0.29) is 48.4 Å². The second-order valence-electron chi connectivity index (χ2n) is 16.4. The van der Waals surface area contributed by atoms with E-state index in [9.17, 15) is 9.69 Å². The maximum Gasteiger partial charge on any atom is 0.328 e. The molecule has 4 aromatic heterocycles. The highest BCUT2D eigenvalue weighted by atomic mass is 35.5. The number of nitrogens with zero attached hydrogens (tertiary/aromatic N) is 9. The van der Waals surface area contributed by atoms with Crippen molar-refractivity contribution in [1.29, 1.82) is 0 Å². The molecule has 10 atom stereocenters. The molecule has 20 nitrogen and oxygen atoms in total. The molecule has 63 heavy (non-hydrogen) atoms. The number of anilines is 1. The summed E-state index contributed by atoms with van der Waals surface area (Å²) in [4.78, 5) is 54.8. The van der Waals surface area contributed by atoms with E-state index in [1.54, 1.807) is 45.8 Å². The first-order valence-electron chi connectivity index (χ1n) is 19.8. The zero-order chi connectivity index (χ0) is 44.9. The lowest BCUT2D eigenvalue weighted by Crippen LogP contribution is -2.50. The van der Waals surface area contributed by atoms with Gasteiger partial charge in [0.15, 0.2) is 43.4 Å². The number of carbonyl (C=O) groups excluding carboxylic acids is 1. The number of ether oxygens (including phenoxy) is 2. The first kappa shape index (κ1) is 46.3. The molecule has 1 amide bonds. The Hall–Kier alpha value is -3.27. The predicted octanol–water partition coefficient (Wildman–Crippen LogP) is 6.21. The van der Waals surface area contributed by atoms with Gasteiger partial charge in [-0.2, -0.15) is 0 Å². The van der Waals surface area contributed by atoms with Gasteiger partial charge in [-0.25, -0.2) is 36.5 Å². The van der Waals surface area contributed by atoms with E-state index >= 15 is 0 Å². The molecule has 3 saturated heterocycles. The second kappa shape index (κ2) is 18.2. The average molecular weight is 979 g/mol. The topological polar surface area (TPSA) is 215 Å². The van der Waals surface area contributed by atoms with E-state index in [4.69, 9.17) is 78.3 Å². The summed E-state index contributed by atoms with van der Waals surface area (Å²) in [5.74, 6) is -0.239. The Labute approximate surface area is 378 Å². The molecule has 3 fully saturated rings. The van der Waals surface area contributed by atoms with Crippen LogP contribution < -0.4 is 5.32 Å². The Morgan fingerprint density at radius 1 is 0.952 bits per heavy atom. The number of alkyl halides is 1. The fourth-order valence-corrected chi connectivity index (χ4v) is 12.3. The number of aryl methyl sites for hydroxylation is 1. The van der Waals surface area contributed by atoms with Gasteiger partial charge in [0, 0.05) is 5.56 Å². The molecule has 5 aromatic rings. The minimum Gasteiger partial charge on any atom is -0.408 e. The zero-order valence-electron chi connectivity index (χ0n) is 34.9. The Bertz CT molecular complexity index is 2640. The molecule has 2 N–H and O–H groups in total. The van der Waals surface area contributed by atoms with Crippen molar-refractivity contribution in [3.63, 3.8) is 0 Å². The second-order valence-corrected chi connectivity index (χ2v) is 27.4. The van der Waals surface area contributed by atoms with Crippen molar-refractivity contribution in [3.8, 4) is 0 Å². The highest BCUT2D eigenvalue weighted by Crippen LogP contribution is 2.58. The minimum absolute atomic E-state index is 0.0350. The van der Waals surface area contributed by atoms with Gasteiger partial charge in [0.1, 0.15) is 60.7 Å².